The van der Waals surface area contributed by atoms with E-state index in [2.05, 4.69) is 9.97 Å². The molecule has 3 heteroatoms. The van der Waals surface area contributed by atoms with Crippen LogP contribution in [0.3, 0.4) is 0 Å². The van der Waals surface area contributed by atoms with Gasteiger partial charge in [-0.05, 0) is 24.6 Å². The molecule has 2 rings (SSSR count). The van der Waals surface area contributed by atoms with Crippen molar-refractivity contribution in [3.8, 4) is 0 Å². The Balaban J connectivity index is 2.91. The van der Waals surface area contributed by atoms with Crippen LogP contribution in [-0.4, -0.2) is 9.97 Å². The Morgan fingerprint density at radius 1 is 1.33 bits per heavy atom. The third-order valence-corrected chi connectivity index (χ3v) is 1.86. The number of anilines is 1. The lowest BCUT2D eigenvalue weighted by molar-refractivity contribution is 1.29. The number of pyridine rings is 2. The molecule has 60 valence electrons. The number of hydrogen-bond donors (Lipinski definition) is 1. The van der Waals surface area contributed by atoms with Gasteiger partial charge < -0.3 is 5.73 Å². The highest BCUT2D eigenvalue weighted by Crippen LogP contribution is 2.18. The van der Waals surface area contributed by atoms with Crippen LogP contribution in [0.5, 0.6) is 0 Å². The van der Waals surface area contributed by atoms with Crippen LogP contribution in [-0.2, 0) is 0 Å². The second-order valence-electron chi connectivity index (χ2n) is 2.73. The number of hydrogen-bond acceptors (Lipinski definition) is 3. The van der Waals surface area contributed by atoms with E-state index < -0.39 is 0 Å². The maximum absolute atomic E-state index is 5.82. The van der Waals surface area contributed by atoms with Crippen LogP contribution < -0.4 is 5.73 Å². The van der Waals surface area contributed by atoms with Crippen molar-refractivity contribution in [2.24, 2.45) is 0 Å². The quantitative estimate of drug-likeness (QED) is 0.634. The van der Waals surface area contributed by atoms with Crippen molar-refractivity contribution in [3.05, 3.63) is 30.1 Å². The van der Waals surface area contributed by atoms with Crippen LogP contribution in [0.15, 0.2) is 24.5 Å². The van der Waals surface area contributed by atoms with Gasteiger partial charge in [0.25, 0.3) is 0 Å². The molecule has 0 aliphatic carbocycles. The molecule has 0 aromatic carbocycles. The number of nitrogens with zero attached hydrogens (tertiary/aromatic N) is 2. The SMILES string of the molecule is Cc1cnc2cccnc2c1N. The first-order valence-electron chi connectivity index (χ1n) is 3.75. The van der Waals surface area contributed by atoms with Gasteiger partial charge in [-0.3, -0.25) is 9.97 Å². The molecule has 0 bridgehead atoms. The normalized spacial score (nSPS) is 10.4. The van der Waals surface area contributed by atoms with Crippen LogP contribution in [0.1, 0.15) is 5.56 Å². The monoisotopic (exact) mass is 159 g/mol. The van der Waals surface area contributed by atoms with E-state index in [1.54, 1.807) is 12.4 Å². The molecule has 0 aliphatic rings. The highest BCUT2D eigenvalue weighted by molar-refractivity contribution is 5.87. The van der Waals surface area contributed by atoms with Gasteiger partial charge in [-0.25, -0.2) is 0 Å². The molecule has 0 unspecified atom stereocenters. The minimum Gasteiger partial charge on any atom is -0.397 e. The fourth-order valence-electron chi connectivity index (χ4n) is 1.13. The van der Waals surface area contributed by atoms with Crippen molar-refractivity contribution in [3.63, 3.8) is 0 Å². The Bertz CT molecular complexity index is 423. The first-order chi connectivity index (χ1) is 5.79. The molecular weight excluding hydrogens is 150 g/mol. The number of rotatable bonds is 0. The van der Waals surface area contributed by atoms with E-state index in [0.29, 0.717) is 0 Å². The number of nitrogen functional groups attached to an aromatic ring is 1. The maximum atomic E-state index is 5.82. The number of nitrogens with two attached hydrogens (primary N) is 1. The summed E-state index contributed by atoms with van der Waals surface area (Å²) < 4.78 is 0. The summed E-state index contributed by atoms with van der Waals surface area (Å²) in [6.07, 6.45) is 3.49. The molecule has 3 nitrogen and oxygen atoms in total. The molecule has 0 aliphatic heterocycles. The van der Waals surface area contributed by atoms with E-state index in [9.17, 15) is 0 Å². The van der Waals surface area contributed by atoms with Gasteiger partial charge in [0.1, 0.15) is 5.52 Å². The maximum Gasteiger partial charge on any atom is 0.112 e. The summed E-state index contributed by atoms with van der Waals surface area (Å²) in [5.74, 6) is 0. The topological polar surface area (TPSA) is 51.8 Å². The van der Waals surface area contributed by atoms with E-state index in [1.165, 1.54) is 0 Å². The van der Waals surface area contributed by atoms with Gasteiger partial charge in [0.15, 0.2) is 0 Å². The van der Waals surface area contributed by atoms with Gasteiger partial charge in [-0.1, -0.05) is 0 Å². The molecule has 2 N–H and O–H groups in total. The molecule has 0 fully saturated rings. The fourth-order valence-corrected chi connectivity index (χ4v) is 1.13. The van der Waals surface area contributed by atoms with Crippen LogP contribution in [0, 0.1) is 6.92 Å². The molecule has 0 amide bonds. The summed E-state index contributed by atoms with van der Waals surface area (Å²) >= 11 is 0. The van der Waals surface area contributed by atoms with Crippen molar-refractivity contribution in [2.45, 2.75) is 6.92 Å². The van der Waals surface area contributed by atoms with E-state index >= 15 is 0 Å². The molecule has 0 saturated heterocycles. The van der Waals surface area contributed by atoms with Crippen molar-refractivity contribution in [1.82, 2.24) is 9.97 Å². The Kier molecular flexibility index (Phi) is 1.43. The lowest BCUT2D eigenvalue weighted by Gasteiger charge is -2.01. The van der Waals surface area contributed by atoms with Gasteiger partial charge in [-0.2, -0.15) is 0 Å². The predicted molar refractivity (Wildman–Crippen MR) is 48.7 cm³/mol. The molecule has 0 spiro atoms. The highest BCUT2D eigenvalue weighted by Gasteiger charge is 2.01. The zero-order valence-electron chi connectivity index (χ0n) is 6.78. The fraction of sp³-hybridized carbons (Fsp3) is 0.111. The van der Waals surface area contributed by atoms with Crippen molar-refractivity contribution >= 4 is 16.7 Å². The smallest absolute Gasteiger partial charge is 0.112 e. The van der Waals surface area contributed by atoms with Crippen molar-refractivity contribution in [1.29, 1.82) is 0 Å². The summed E-state index contributed by atoms with van der Waals surface area (Å²) in [5.41, 5.74) is 9.15. The van der Waals surface area contributed by atoms with E-state index in [4.69, 9.17) is 5.73 Å². The summed E-state index contributed by atoms with van der Waals surface area (Å²) in [5, 5.41) is 0. The van der Waals surface area contributed by atoms with Crippen molar-refractivity contribution in [2.75, 3.05) is 5.73 Å². The van der Waals surface area contributed by atoms with Gasteiger partial charge >= 0.3 is 0 Å². The Hall–Kier alpha value is -1.64. The Morgan fingerprint density at radius 2 is 2.17 bits per heavy atom. The van der Waals surface area contributed by atoms with E-state index in [-0.39, 0.29) is 0 Å². The molecule has 0 saturated carbocycles. The molecule has 0 radical (unpaired) electrons. The minimum atomic E-state index is 0.723. The lowest BCUT2D eigenvalue weighted by atomic mass is 10.2. The second-order valence-corrected chi connectivity index (χ2v) is 2.73. The van der Waals surface area contributed by atoms with Crippen LogP contribution >= 0.6 is 0 Å². The molecule has 2 heterocycles. The first-order valence-corrected chi connectivity index (χ1v) is 3.75. The van der Waals surface area contributed by atoms with Gasteiger partial charge in [-0.15, -0.1) is 0 Å². The standard InChI is InChI=1S/C9H9N3/c1-6-5-12-7-3-2-4-11-9(7)8(6)10/h2-5H,1H3,(H2,10,12). The van der Waals surface area contributed by atoms with Gasteiger partial charge in [0, 0.05) is 12.4 Å². The van der Waals surface area contributed by atoms with Crippen LogP contribution in [0.25, 0.3) is 11.0 Å². The molecule has 2 aromatic rings. The molecule has 2 aromatic heterocycles. The van der Waals surface area contributed by atoms with E-state index in [0.717, 1.165) is 22.3 Å². The van der Waals surface area contributed by atoms with Crippen molar-refractivity contribution < 1.29 is 0 Å². The lowest BCUT2D eigenvalue weighted by Crippen LogP contribution is -1.94. The van der Waals surface area contributed by atoms with Crippen LogP contribution in [0.4, 0.5) is 5.69 Å². The number of aromatic nitrogens is 2. The summed E-state index contributed by atoms with van der Waals surface area (Å²) in [6.45, 7) is 1.93. The average Bonchev–Trinajstić information content (AvgIpc) is 2.12. The van der Waals surface area contributed by atoms with E-state index in [1.807, 2.05) is 19.1 Å². The molecule has 12 heavy (non-hydrogen) atoms. The summed E-state index contributed by atoms with van der Waals surface area (Å²) in [7, 11) is 0. The molecular formula is C9H9N3. The van der Waals surface area contributed by atoms with Crippen LogP contribution in [0.2, 0.25) is 0 Å². The average molecular weight is 159 g/mol. The predicted octanol–water partition coefficient (Wildman–Crippen LogP) is 1.52. The molecule has 0 atom stereocenters. The largest absolute Gasteiger partial charge is 0.397 e. The zero-order valence-corrected chi connectivity index (χ0v) is 6.78. The summed E-state index contributed by atoms with van der Waals surface area (Å²) in [4.78, 5) is 8.35. The number of fused-ring (bicyclic) bond motifs is 1. The highest BCUT2D eigenvalue weighted by atomic mass is 14.8. The third kappa shape index (κ3) is 0.906. The Labute approximate surface area is 70.3 Å². The second kappa shape index (κ2) is 2.44. The summed E-state index contributed by atoms with van der Waals surface area (Å²) in [6, 6.07) is 3.75. The number of aryl methyl sites for hydroxylation is 1. The van der Waals surface area contributed by atoms with Gasteiger partial charge in [0.05, 0.1) is 11.2 Å². The zero-order chi connectivity index (χ0) is 8.55. The van der Waals surface area contributed by atoms with Gasteiger partial charge in [0.2, 0.25) is 0 Å². The Morgan fingerprint density at radius 3 is 3.00 bits per heavy atom. The minimum absolute atomic E-state index is 0.723. The first kappa shape index (κ1) is 7.03. The third-order valence-electron chi connectivity index (χ3n) is 1.86.